The molecule has 2 aromatic carbocycles. The van der Waals surface area contributed by atoms with E-state index >= 15 is 0 Å². The van der Waals surface area contributed by atoms with Gasteiger partial charge in [0, 0.05) is 18.0 Å². The van der Waals surface area contributed by atoms with E-state index in [9.17, 15) is 0 Å². The monoisotopic (exact) mass is 358 g/mol. The van der Waals surface area contributed by atoms with E-state index in [4.69, 9.17) is 12.2 Å². The maximum Gasteiger partial charge on any atom is 0.170 e. The molecule has 2 aromatic rings. The van der Waals surface area contributed by atoms with Gasteiger partial charge in [-0.25, -0.2) is 0 Å². The van der Waals surface area contributed by atoms with Crippen LogP contribution in [0.25, 0.3) is 0 Å². The van der Waals surface area contributed by atoms with Gasteiger partial charge in [-0.3, -0.25) is 0 Å². The average molecular weight is 359 g/mol. The van der Waals surface area contributed by atoms with Gasteiger partial charge in [0.1, 0.15) is 0 Å². The molecule has 2 nitrogen and oxygen atoms in total. The summed E-state index contributed by atoms with van der Waals surface area (Å²) in [6.07, 6.45) is 1.10. The van der Waals surface area contributed by atoms with Crippen LogP contribution in [0, 0.1) is 20.8 Å². The van der Waals surface area contributed by atoms with Crippen molar-refractivity contribution in [2.24, 2.45) is 0 Å². The van der Waals surface area contributed by atoms with E-state index in [2.05, 4.69) is 73.9 Å². The molecule has 0 amide bonds. The van der Waals surface area contributed by atoms with Gasteiger partial charge in [0.15, 0.2) is 5.11 Å². The maximum atomic E-state index is 5.35. The molecule has 0 aliphatic rings. The van der Waals surface area contributed by atoms with Crippen LogP contribution < -0.4 is 10.6 Å². The van der Waals surface area contributed by atoms with Crippen molar-refractivity contribution in [2.75, 3.05) is 17.6 Å². The minimum Gasteiger partial charge on any atom is -0.362 e. The minimum absolute atomic E-state index is 0.696. The second-order valence-electron chi connectivity index (χ2n) is 6.08. The van der Waals surface area contributed by atoms with E-state index in [0.29, 0.717) is 5.11 Å². The van der Waals surface area contributed by atoms with Gasteiger partial charge in [0.05, 0.1) is 0 Å². The van der Waals surface area contributed by atoms with E-state index in [0.717, 1.165) is 30.2 Å². The first-order valence-electron chi connectivity index (χ1n) is 8.30. The number of hydrogen-bond donors (Lipinski definition) is 2. The third kappa shape index (κ3) is 6.54. The Kier molecular flexibility index (Phi) is 7.60. The molecule has 0 unspecified atom stereocenters. The smallest absolute Gasteiger partial charge is 0.170 e. The first-order valence-corrected chi connectivity index (χ1v) is 9.86. The molecule has 0 aliphatic carbocycles. The predicted molar refractivity (Wildman–Crippen MR) is 112 cm³/mol. The van der Waals surface area contributed by atoms with Gasteiger partial charge in [-0.15, -0.1) is 0 Å². The molecular weight excluding hydrogens is 332 g/mol. The Morgan fingerprint density at radius 2 is 1.88 bits per heavy atom. The first kappa shape index (κ1) is 18.8. The van der Waals surface area contributed by atoms with E-state index in [1.54, 1.807) is 0 Å². The number of nitrogens with one attached hydrogen (secondary N) is 2. The molecule has 0 heterocycles. The quantitative estimate of drug-likeness (QED) is 0.523. The van der Waals surface area contributed by atoms with Crippen LogP contribution in [0.3, 0.4) is 0 Å². The molecule has 0 saturated heterocycles. The molecule has 0 radical (unpaired) electrons. The Bertz CT molecular complexity index is 683. The summed E-state index contributed by atoms with van der Waals surface area (Å²) in [5.41, 5.74) is 6.35. The van der Waals surface area contributed by atoms with Crippen LogP contribution in [0.2, 0.25) is 0 Å². The fraction of sp³-hybridized carbons (Fsp3) is 0.350. The molecule has 4 heteroatoms. The zero-order chi connectivity index (χ0) is 17.4. The summed E-state index contributed by atoms with van der Waals surface area (Å²) in [4.78, 5) is 0. The van der Waals surface area contributed by atoms with Crippen molar-refractivity contribution in [2.45, 2.75) is 32.9 Å². The van der Waals surface area contributed by atoms with Gasteiger partial charge in [0.2, 0.25) is 0 Å². The number of rotatable bonds is 7. The molecule has 2 N–H and O–H groups in total. The van der Waals surface area contributed by atoms with Crippen LogP contribution in [0.1, 0.15) is 28.7 Å². The Morgan fingerprint density at radius 3 is 2.62 bits per heavy atom. The van der Waals surface area contributed by atoms with Crippen molar-refractivity contribution >= 4 is 34.8 Å². The van der Waals surface area contributed by atoms with Gasteiger partial charge >= 0.3 is 0 Å². The second kappa shape index (κ2) is 9.70. The van der Waals surface area contributed by atoms with Gasteiger partial charge < -0.3 is 10.6 Å². The maximum absolute atomic E-state index is 5.35. The summed E-state index contributed by atoms with van der Waals surface area (Å²) in [6, 6.07) is 15.0. The molecule has 0 aromatic heterocycles. The lowest BCUT2D eigenvalue weighted by atomic mass is 10.1. The Morgan fingerprint density at radius 1 is 1.04 bits per heavy atom. The summed E-state index contributed by atoms with van der Waals surface area (Å²) in [5.74, 6) is 2.21. The predicted octanol–water partition coefficient (Wildman–Crippen LogP) is 5.22. The van der Waals surface area contributed by atoms with Gasteiger partial charge in [-0.2, -0.15) is 11.8 Å². The Labute approximate surface area is 155 Å². The summed E-state index contributed by atoms with van der Waals surface area (Å²) in [5, 5.41) is 7.22. The normalized spacial score (nSPS) is 10.5. The number of aryl methyl sites for hydroxylation is 3. The molecular formula is C20H26N2S2. The lowest BCUT2D eigenvalue weighted by Gasteiger charge is -2.11. The second-order valence-corrected chi connectivity index (χ2v) is 7.59. The standard InChI is InChI=1S/C20H26N2S2/c1-15-6-4-7-18(12-15)14-24-11-5-10-21-20(23)22-19-9-8-16(2)17(3)13-19/h4,6-9,12-13H,5,10-11,14H2,1-3H3,(H2,21,22,23). The zero-order valence-electron chi connectivity index (χ0n) is 14.7. The van der Waals surface area contributed by atoms with Crippen LogP contribution in [0.4, 0.5) is 5.69 Å². The zero-order valence-corrected chi connectivity index (χ0v) is 16.3. The highest BCUT2D eigenvalue weighted by molar-refractivity contribution is 7.98. The number of anilines is 1. The summed E-state index contributed by atoms with van der Waals surface area (Å²) >= 11 is 7.32. The largest absolute Gasteiger partial charge is 0.362 e. The minimum atomic E-state index is 0.696. The average Bonchev–Trinajstić information content (AvgIpc) is 2.54. The number of hydrogen-bond acceptors (Lipinski definition) is 2. The molecule has 24 heavy (non-hydrogen) atoms. The lowest BCUT2D eigenvalue weighted by Crippen LogP contribution is -2.29. The van der Waals surface area contributed by atoms with Gasteiger partial charge in [-0.1, -0.05) is 35.9 Å². The van der Waals surface area contributed by atoms with Crippen LogP contribution in [0.5, 0.6) is 0 Å². The van der Waals surface area contributed by atoms with Crippen molar-refractivity contribution in [1.29, 1.82) is 0 Å². The van der Waals surface area contributed by atoms with Crippen molar-refractivity contribution in [1.82, 2.24) is 5.32 Å². The summed E-state index contributed by atoms with van der Waals surface area (Å²) in [6.45, 7) is 7.27. The number of benzene rings is 2. The number of thiocarbonyl (C=S) groups is 1. The molecule has 0 aliphatic heterocycles. The highest BCUT2D eigenvalue weighted by atomic mass is 32.2. The SMILES string of the molecule is Cc1cccc(CSCCCNC(=S)Nc2ccc(C)c(C)c2)c1. The molecule has 0 saturated carbocycles. The Balaban J connectivity index is 1.60. The molecule has 0 fully saturated rings. The third-order valence-corrected chi connectivity index (χ3v) is 5.23. The third-order valence-electron chi connectivity index (χ3n) is 3.87. The molecule has 0 atom stereocenters. The van der Waals surface area contributed by atoms with Crippen LogP contribution >= 0.6 is 24.0 Å². The highest BCUT2D eigenvalue weighted by Crippen LogP contribution is 2.15. The molecule has 128 valence electrons. The first-order chi connectivity index (χ1) is 11.5. The van der Waals surface area contributed by atoms with Crippen molar-refractivity contribution in [3.05, 3.63) is 64.7 Å². The molecule has 0 spiro atoms. The van der Waals surface area contributed by atoms with Crippen LogP contribution in [-0.2, 0) is 5.75 Å². The number of thioether (sulfide) groups is 1. The van der Waals surface area contributed by atoms with Gasteiger partial charge in [-0.05, 0) is 74.0 Å². The molecule has 0 bridgehead atoms. The summed E-state index contributed by atoms with van der Waals surface area (Å²) < 4.78 is 0. The lowest BCUT2D eigenvalue weighted by molar-refractivity contribution is 0.854. The van der Waals surface area contributed by atoms with Crippen molar-refractivity contribution in [3.8, 4) is 0 Å². The van der Waals surface area contributed by atoms with Crippen LogP contribution in [0.15, 0.2) is 42.5 Å². The van der Waals surface area contributed by atoms with E-state index < -0.39 is 0 Å². The fourth-order valence-corrected chi connectivity index (χ4v) is 3.49. The van der Waals surface area contributed by atoms with E-state index in [-0.39, 0.29) is 0 Å². The van der Waals surface area contributed by atoms with E-state index in [1.807, 2.05) is 11.8 Å². The fourth-order valence-electron chi connectivity index (χ4n) is 2.36. The van der Waals surface area contributed by atoms with Crippen molar-refractivity contribution in [3.63, 3.8) is 0 Å². The van der Waals surface area contributed by atoms with Crippen LogP contribution in [-0.4, -0.2) is 17.4 Å². The highest BCUT2D eigenvalue weighted by Gasteiger charge is 2.00. The Hall–Kier alpha value is -1.52. The van der Waals surface area contributed by atoms with Gasteiger partial charge in [0.25, 0.3) is 0 Å². The van der Waals surface area contributed by atoms with E-state index in [1.165, 1.54) is 22.3 Å². The topological polar surface area (TPSA) is 24.1 Å². The van der Waals surface area contributed by atoms with Crippen molar-refractivity contribution < 1.29 is 0 Å². The molecule has 2 rings (SSSR count). The summed E-state index contributed by atoms with van der Waals surface area (Å²) in [7, 11) is 0.